The maximum Gasteiger partial charge on any atom is 0.433 e. The molecule has 8 heteroatoms. The van der Waals surface area contributed by atoms with E-state index in [1.165, 1.54) is 0 Å². The summed E-state index contributed by atoms with van der Waals surface area (Å²) in [6, 6.07) is 0.909. The third kappa shape index (κ3) is 4.90. The van der Waals surface area contributed by atoms with Gasteiger partial charge in [0.05, 0.1) is 0 Å². The molecule has 5 nitrogen and oxygen atoms in total. The zero-order valence-corrected chi connectivity index (χ0v) is 11.2. The Balaban J connectivity index is 2.79. The zero-order valence-electron chi connectivity index (χ0n) is 11.2. The number of nitrogens with zero attached hydrogens (tertiary/aromatic N) is 4. The maximum absolute atomic E-state index is 12.6. The van der Waals surface area contributed by atoms with Crippen LogP contribution in [0.25, 0.3) is 0 Å². The van der Waals surface area contributed by atoms with Crippen LogP contribution in [0.4, 0.5) is 24.9 Å². The van der Waals surface area contributed by atoms with Crippen molar-refractivity contribution in [3.63, 3.8) is 0 Å². The van der Waals surface area contributed by atoms with Gasteiger partial charge in [-0.05, 0) is 27.1 Å². The van der Waals surface area contributed by atoms with Gasteiger partial charge in [-0.25, -0.2) is 4.98 Å². The van der Waals surface area contributed by atoms with E-state index in [9.17, 15) is 13.2 Å². The molecule has 0 radical (unpaired) electrons. The van der Waals surface area contributed by atoms with Crippen LogP contribution in [0.1, 0.15) is 12.1 Å². The molecule has 0 aliphatic heterocycles. The van der Waals surface area contributed by atoms with E-state index in [2.05, 4.69) is 9.97 Å². The van der Waals surface area contributed by atoms with Crippen molar-refractivity contribution in [2.75, 3.05) is 44.9 Å². The van der Waals surface area contributed by atoms with E-state index < -0.39 is 11.9 Å². The van der Waals surface area contributed by atoms with Crippen molar-refractivity contribution in [1.82, 2.24) is 14.9 Å². The quantitative estimate of drug-likeness (QED) is 0.883. The Morgan fingerprint density at radius 1 is 1.16 bits per heavy atom. The summed E-state index contributed by atoms with van der Waals surface area (Å²) in [7, 11) is 5.55. The van der Waals surface area contributed by atoms with Crippen molar-refractivity contribution in [3.05, 3.63) is 11.8 Å². The fraction of sp³-hybridized carbons (Fsp3) is 0.636. The molecule has 0 fully saturated rings. The molecule has 0 saturated carbocycles. The van der Waals surface area contributed by atoms with Crippen molar-refractivity contribution in [3.8, 4) is 0 Å². The molecule has 0 unspecified atom stereocenters. The van der Waals surface area contributed by atoms with E-state index in [0.29, 0.717) is 6.54 Å². The van der Waals surface area contributed by atoms with Gasteiger partial charge in [-0.2, -0.15) is 18.2 Å². The summed E-state index contributed by atoms with van der Waals surface area (Å²) in [5, 5.41) is 0. The second-order valence-electron chi connectivity index (χ2n) is 4.55. The Labute approximate surface area is 110 Å². The molecule has 0 spiro atoms. The lowest BCUT2D eigenvalue weighted by Gasteiger charge is -2.20. The molecule has 19 heavy (non-hydrogen) atoms. The van der Waals surface area contributed by atoms with Crippen molar-refractivity contribution in [2.24, 2.45) is 0 Å². The van der Waals surface area contributed by atoms with Gasteiger partial charge in [0.15, 0.2) is 5.69 Å². The summed E-state index contributed by atoms with van der Waals surface area (Å²) in [5.41, 5.74) is 4.29. The van der Waals surface area contributed by atoms with Crippen LogP contribution in [0, 0.1) is 0 Å². The highest BCUT2D eigenvalue weighted by Crippen LogP contribution is 2.29. The second kappa shape index (κ2) is 6.05. The van der Waals surface area contributed by atoms with Crippen LogP contribution in [-0.4, -0.2) is 49.1 Å². The minimum atomic E-state index is -4.52. The van der Waals surface area contributed by atoms with Crippen LogP contribution in [0.3, 0.4) is 0 Å². The Morgan fingerprint density at radius 3 is 2.32 bits per heavy atom. The average Bonchev–Trinajstić information content (AvgIpc) is 2.26. The lowest BCUT2D eigenvalue weighted by molar-refractivity contribution is -0.141. The molecule has 108 valence electrons. The van der Waals surface area contributed by atoms with Gasteiger partial charge in [0.2, 0.25) is 5.95 Å². The third-order valence-corrected chi connectivity index (χ3v) is 2.51. The molecule has 2 N–H and O–H groups in total. The Kier molecular flexibility index (Phi) is 4.93. The highest BCUT2D eigenvalue weighted by atomic mass is 19.4. The van der Waals surface area contributed by atoms with Gasteiger partial charge in [0.1, 0.15) is 5.82 Å². The largest absolute Gasteiger partial charge is 0.433 e. The van der Waals surface area contributed by atoms with Gasteiger partial charge in [0.25, 0.3) is 0 Å². The van der Waals surface area contributed by atoms with Gasteiger partial charge in [-0.1, -0.05) is 0 Å². The van der Waals surface area contributed by atoms with Crippen LogP contribution >= 0.6 is 0 Å². The minimum absolute atomic E-state index is 0.179. The first-order valence-corrected chi connectivity index (χ1v) is 5.78. The van der Waals surface area contributed by atoms with Crippen LogP contribution in [0.15, 0.2) is 6.07 Å². The van der Waals surface area contributed by atoms with Gasteiger partial charge in [-0.3, -0.25) is 0 Å². The first kappa shape index (κ1) is 15.5. The molecule has 0 aromatic carbocycles. The first-order chi connectivity index (χ1) is 8.70. The van der Waals surface area contributed by atoms with E-state index in [1.807, 2.05) is 19.0 Å². The normalized spacial score (nSPS) is 11.9. The molecule has 1 aromatic rings. The van der Waals surface area contributed by atoms with Crippen molar-refractivity contribution in [1.29, 1.82) is 0 Å². The van der Waals surface area contributed by atoms with Crippen molar-refractivity contribution >= 4 is 11.8 Å². The fourth-order valence-corrected chi connectivity index (χ4v) is 1.53. The molecular weight excluding hydrogens is 259 g/mol. The summed E-state index contributed by atoms with van der Waals surface area (Å²) < 4.78 is 37.8. The summed E-state index contributed by atoms with van der Waals surface area (Å²) in [4.78, 5) is 10.7. The zero-order chi connectivity index (χ0) is 14.6. The van der Waals surface area contributed by atoms with Crippen molar-refractivity contribution < 1.29 is 13.2 Å². The summed E-state index contributed by atoms with van der Waals surface area (Å²) in [6.07, 6.45) is -3.70. The molecule has 1 aromatic heterocycles. The SMILES string of the molecule is CN(C)CCCN(C)c1cc(C(F)(F)F)nc(N)n1. The number of rotatable bonds is 5. The molecule has 1 rings (SSSR count). The van der Waals surface area contributed by atoms with E-state index in [0.717, 1.165) is 19.0 Å². The van der Waals surface area contributed by atoms with Gasteiger partial charge >= 0.3 is 6.18 Å². The Bertz CT molecular complexity index is 419. The Morgan fingerprint density at radius 2 is 1.79 bits per heavy atom. The first-order valence-electron chi connectivity index (χ1n) is 5.78. The molecule has 0 saturated heterocycles. The van der Waals surface area contributed by atoms with Crippen LogP contribution < -0.4 is 10.6 Å². The smallest absolute Gasteiger partial charge is 0.368 e. The number of anilines is 2. The van der Waals surface area contributed by atoms with Crippen LogP contribution in [0.5, 0.6) is 0 Å². The minimum Gasteiger partial charge on any atom is -0.368 e. The monoisotopic (exact) mass is 277 g/mol. The van der Waals surface area contributed by atoms with E-state index in [1.54, 1.807) is 11.9 Å². The van der Waals surface area contributed by atoms with Crippen LogP contribution in [0.2, 0.25) is 0 Å². The Hall–Kier alpha value is -1.57. The van der Waals surface area contributed by atoms with Gasteiger partial charge < -0.3 is 15.5 Å². The standard InChI is InChI=1S/C11H18F3N5/c1-18(2)5-4-6-19(3)9-7-8(11(12,13)14)16-10(15)17-9/h7H,4-6H2,1-3H3,(H2,15,16,17). The topological polar surface area (TPSA) is 58.3 Å². The van der Waals surface area contributed by atoms with Gasteiger partial charge in [-0.15, -0.1) is 0 Å². The van der Waals surface area contributed by atoms with E-state index in [-0.39, 0.29) is 11.8 Å². The molecule has 0 aliphatic rings. The number of nitrogen functional groups attached to an aromatic ring is 1. The molecular formula is C11H18F3N5. The third-order valence-electron chi connectivity index (χ3n) is 2.51. The summed E-state index contributed by atoms with van der Waals surface area (Å²) in [5.74, 6) is -0.192. The number of alkyl halides is 3. The fourth-order valence-electron chi connectivity index (χ4n) is 1.53. The lowest BCUT2D eigenvalue weighted by Crippen LogP contribution is -2.25. The number of halogens is 3. The van der Waals surface area contributed by atoms with E-state index >= 15 is 0 Å². The van der Waals surface area contributed by atoms with Gasteiger partial charge in [0, 0.05) is 19.7 Å². The van der Waals surface area contributed by atoms with E-state index in [4.69, 9.17) is 5.73 Å². The maximum atomic E-state index is 12.6. The highest BCUT2D eigenvalue weighted by molar-refractivity contribution is 5.43. The number of hydrogen-bond acceptors (Lipinski definition) is 5. The van der Waals surface area contributed by atoms with Crippen molar-refractivity contribution in [2.45, 2.75) is 12.6 Å². The number of nitrogens with two attached hydrogens (primary N) is 1. The number of hydrogen-bond donors (Lipinski definition) is 1. The number of aromatic nitrogens is 2. The predicted octanol–water partition coefficient (Wildman–Crippen LogP) is 1.47. The van der Waals surface area contributed by atoms with Crippen LogP contribution in [-0.2, 0) is 6.18 Å². The molecule has 0 aliphatic carbocycles. The average molecular weight is 277 g/mol. The lowest BCUT2D eigenvalue weighted by atomic mass is 10.3. The summed E-state index contributed by atoms with van der Waals surface area (Å²) in [6.45, 7) is 1.43. The molecule has 0 bridgehead atoms. The second-order valence-corrected chi connectivity index (χ2v) is 4.55. The molecule has 1 heterocycles. The molecule has 0 atom stereocenters. The molecule has 0 amide bonds. The summed E-state index contributed by atoms with van der Waals surface area (Å²) >= 11 is 0. The highest BCUT2D eigenvalue weighted by Gasteiger charge is 2.33. The predicted molar refractivity (Wildman–Crippen MR) is 67.9 cm³/mol.